The van der Waals surface area contributed by atoms with Crippen LogP contribution in [0.3, 0.4) is 0 Å². The molecule has 4 rings (SSSR count). The van der Waals surface area contributed by atoms with E-state index in [1.54, 1.807) is 24.3 Å². The van der Waals surface area contributed by atoms with E-state index < -0.39 is 5.97 Å². The van der Waals surface area contributed by atoms with E-state index in [1.165, 1.54) is 19.2 Å². The molecule has 2 aromatic carbocycles. The van der Waals surface area contributed by atoms with Crippen LogP contribution in [0.5, 0.6) is 0 Å². The normalized spacial score (nSPS) is 16.7. The van der Waals surface area contributed by atoms with Gasteiger partial charge in [-0.1, -0.05) is 12.1 Å². The number of piperazine rings is 2. The Hall–Kier alpha value is -3.24. The zero-order chi connectivity index (χ0) is 26.9. The number of carboxylic acid groups (broad SMARTS) is 1. The quantitative estimate of drug-likeness (QED) is 0.585. The topological polar surface area (TPSA) is 76.6 Å². The maximum atomic E-state index is 14.1. The number of esters is 1. The zero-order valence-electron chi connectivity index (χ0n) is 21.8. The van der Waals surface area contributed by atoms with Crippen LogP contribution in [0.2, 0.25) is 0 Å². The number of rotatable bonds is 6. The van der Waals surface area contributed by atoms with Crippen LogP contribution < -0.4 is 9.80 Å². The molecule has 0 spiro atoms. The van der Waals surface area contributed by atoms with Gasteiger partial charge >= 0.3 is 11.9 Å². The number of carbonyl (C=O) groups is 2. The average Bonchev–Trinajstić information content (AvgIpc) is 2.86. The zero-order valence-corrected chi connectivity index (χ0v) is 21.8. The van der Waals surface area contributed by atoms with Crippen LogP contribution in [0, 0.1) is 11.6 Å². The van der Waals surface area contributed by atoms with Crippen molar-refractivity contribution < 1.29 is 28.2 Å². The van der Waals surface area contributed by atoms with Gasteiger partial charge in [0.05, 0.1) is 31.3 Å². The lowest BCUT2D eigenvalue weighted by Gasteiger charge is -2.34. The smallest absolute Gasteiger partial charge is 0.309 e. The molecule has 2 fully saturated rings. The minimum absolute atomic E-state index is 0.108. The number of hydrogen-bond donors (Lipinski definition) is 1. The summed E-state index contributed by atoms with van der Waals surface area (Å²) in [6.45, 7) is 6.93. The number of halogens is 2. The third-order valence-corrected chi connectivity index (χ3v) is 6.64. The van der Waals surface area contributed by atoms with Crippen molar-refractivity contribution >= 4 is 23.3 Å². The van der Waals surface area contributed by atoms with Crippen LogP contribution in [0.15, 0.2) is 36.4 Å². The van der Waals surface area contributed by atoms with Gasteiger partial charge in [-0.25, -0.2) is 8.78 Å². The second kappa shape index (κ2) is 13.3. The van der Waals surface area contributed by atoms with Gasteiger partial charge in [0.1, 0.15) is 11.6 Å². The highest BCUT2D eigenvalue weighted by Gasteiger charge is 2.19. The van der Waals surface area contributed by atoms with Crippen molar-refractivity contribution in [1.82, 2.24) is 9.80 Å². The molecule has 0 radical (unpaired) electrons. The van der Waals surface area contributed by atoms with Crippen molar-refractivity contribution in [2.75, 3.05) is 83.4 Å². The first-order chi connectivity index (χ1) is 17.7. The summed E-state index contributed by atoms with van der Waals surface area (Å²) < 4.78 is 32.6. The fraction of sp³-hybridized carbons (Fsp3) is 0.481. The summed E-state index contributed by atoms with van der Waals surface area (Å²) in [5.41, 5.74) is 2.32. The van der Waals surface area contributed by atoms with Crippen LogP contribution >= 0.6 is 0 Å². The van der Waals surface area contributed by atoms with E-state index in [4.69, 9.17) is 5.11 Å². The highest BCUT2D eigenvalue weighted by molar-refractivity contribution is 5.72. The number of carboxylic acids is 1. The largest absolute Gasteiger partial charge is 0.481 e. The molecule has 2 saturated heterocycles. The number of benzene rings is 2. The van der Waals surface area contributed by atoms with Crippen molar-refractivity contribution in [2.45, 2.75) is 12.8 Å². The van der Waals surface area contributed by atoms with Crippen molar-refractivity contribution in [3.63, 3.8) is 0 Å². The molecule has 10 heteroatoms. The molecule has 0 saturated carbocycles. The summed E-state index contributed by atoms with van der Waals surface area (Å²) >= 11 is 0. The van der Waals surface area contributed by atoms with E-state index >= 15 is 0 Å². The second-order valence-electron chi connectivity index (χ2n) is 9.48. The summed E-state index contributed by atoms with van der Waals surface area (Å²) in [4.78, 5) is 30.2. The number of hydrogen-bond acceptors (Lipinski definition) is 7. The van der Waals surface area contributed by atoms with E-state index in [-0.39, 0.29) is 30.4 Å². The Balaban J connectivity index is 0.000000206. The van der Waals surface area contributed by atoms with E-state index in [0.29, 0.717) is 22.5 Å². The van der Waals surface area contributed by atoms with Crippen LogP contribution in [-0.4, -0.2) is 100 Å². The summed E-state index contributed by atoms with van der Waals surface area (Å²) in [6, 6.07) is 9.64. The number of carbonyl (C=O) groups excluding carboxylic acids is 1. The molecule has 0 aliphatic carbocycles. The van der Waals surface area contributed by atoms with E-state index in [9.17, 15) is 18.4 Å². The summed E-state index contributed by atoms with van der Waals surface area (Å²) in [6.07, 6.45) is -0.0314. The first kappa shape index (κ1) is 28.3. The Morgan fingerprint density at radius 3 is 1.51 bits per heavy atom. The molecule has 0 atom stereocenters. The van der Waals surface area contributed by atoms with Gasteiger partial charge < -0.3 is 29.4 Å². The molecule has 1 N–H and O–H groups in total. The van der Waals surface area contributed by atoms with Crippen molar-refractivity contribution in [3.05, 3.63) is 59.2 Å². The number of likely N-dealkylation sites (N-methyl/N-ethyl adjacent to an activating group) is 2. The molecule has 2 aromatic rings. The SMILES string of the molecule is CN1CCN(c2ccc(CC(=O)O)cc2F)CC1.COC(=O)Cc1ccc(N2CCN(C)CC2)c(F)c1. The van der Waals surface area contributed by atoms with Gasteiger partial charge in [-0.05, 0) is 49.5 Å². The Labute approximate surface area is 217 Å². The highest BCUT2D eigenvalue weighted by atomic mass is 19.1. The minimum Gasteiger partial charge on any atom is -0.481 e. The van der Waals surface area contributed by atoms with Gasteiger partial charge in [-0.2, -0.15) is 0 Å². The van der Waals surface area contributed by atoms with Crippen molar-refractivity contribution in [1.29, 1.82) is 0 Å². The van der Waals surface area contributed by atoms with E-state index in [0.717, 1.165) is 52.4 Å². The Morgan fingerprint density at radius 1 is 0.757 bits per heavy atom. The second-order valence-corrected chi connectivity index (χ2v) is 9.48. The van der Waals surface area contributed by atoms with E-state index in [1.807, 2.05) is 16.8 Å². The minimum atomic E-state index is -0.943. The molecule has 0 unspecified atom stereocenters. The lowest BCUT2D eigenvalue weighted by Crippen LogP contribution is -2.44. The molecule has 8 nitrogen and oxygen atoms in total. The van der Waals surface area contributed by atoms with Gasteiger partial charge in [0.15, 0.2) is 0 Å². The molecule has 2 aliphatic heterocycles. The molecule has 202 valence electrons. The summed E-state index contributed by atoms with van der Waals surface area (Å²) in [5, 5.41) is 8.67. The van der Waals surface area contributed by atoms with Crippen LogP contribution in [-0.2, 0) is 27.2 Å². The highest BCUT2D eigenvalue weighted by Crippen LogP contribution is 2.23. The monoisotopic (exact) mass is 518 g/mol. The predicted octanol–water partition coefficient (Wildman–Crippen LogP) is 2.50. The Kier molecular flexibility index (Phi) is 10.2. The molecule has 37 heavy (non-hydrogen) atoms. The molecule has 0 aromatic heterocycles. The fourth-order valence-electron chi connectivity index (χ4n) is 4.34. The Bertz CT molecular complexity index is 1070. The van der Waals surface area contributed by atoms with E-state index in [2.05, 4.69) is 21.6 Å². The molecule has 2 aliphatic rings. The number of ether oxygens (including phenoxy) is 1. The van der Waals surface area contributed by atoms with Gasteiger partial charge in [0.25, 0.3) is 0 Å². The third-order valence-electron chi connectivity index (χ3n) is 6.64. The molecule has 0 amide bonds. The molecular formula is C27H36F2N4O4. The first-order valence-corrected chi connectivity index (χ1v) is 12.4. The maximum absolute atomic E-state index is 14.1. The Morgan fingerprint density at radius 2 is 1.16 bits per heavy atom. The fourth-order valence-corrected chi connectivity index (χ4v) is 4.34. The summed E-state index contributed by atoms with van der Waals surface area (Å²) in [7, 11) is 5.44. The van der Waals surface area contributed by atoms with Crippen LogP contribution in [0.1, 0.15) is 11.1 Å². The predicted molar refractivity (Wildman–Crippen MR) is 139 cm³/mol. The standard InChI is InChI=1S/C14H19FN2O2.C13H17FN2O2/c1-16-5-7-17(8-6-16)13-4-3-11(9-12(13)15)10-14(18)19-2;1-15-4-6-16(7-5-15)12-3-2-10(8-11(12)14)9-13(17)18/h3-4,9H,5-8,10H2,1-2H3;2-3,8H,4-7,9H2,1H3,(H,17,18). The number of anilines is 2. The lowest BCUT2D eigenvalue weighted by atomic mass is 10.1. The van der Waals surface area contributed by atoms with Crippen molar-refractivity contribution in [3.8, 4) is 0 Å². The number of aliphatic carboxylic acids is 1. The average molecular weight is 519 g/mol. The van der Waals surface area contributed by atoms with Gasteiger partial charge in [0, 0.05) is 52.4 Å². The van der Waals surface area contributed by atoms with Crippen molar-refractivity contribution in [2.24, 2.45) is 0 Å². The molecular weight excluding hydrogens is 482 g/mol. The van der Waals surface area contributed by atoms with Gasteiger partial charge in [-0.15, -0.1) is 0 Å². The number of nitrogens with zero attached hydrogens (tertiary/aromatic N) is 4. The molecule has 2 heterocycles. The molecule has 0 bridgehead atoms. The van der Waals surface area contributed by atoms with Gasteiger partial charge in [-0.3, -0.25) is 9.59 Å². The first-order valence-electron chi connectivity index (χ1n) is 12.4. The van der Waals surface area contributed by atoms with Crippen LogP contribution in [0.4, 0.5) is 20.2 Å². The lowest BCUT2D eigenvalue weighted by molar-refractivity contribution is -0.140. The number of methoxy groups -OCH3 is 1. The maximum Gasteiger partial charge on any atom is 0.309 e. The van der Waals surface area contributed by atoms with Crippen LogP contribution in [0.25, 0.3) is 0 Å². The van der Waals surface area contributed by atoms with Gasteiger partial charge in [0.2, 0.25) is 0 Å². The summed E-state index contributed by atoms with van der Waals surface area (Å²) in [5.74, 6) is -1.90. The third kappa shape index (κ3) is 8.40.